The number of nitrogen functional groups attached to an aromatic ring is 1. The minimum absolute atomic E-state index is 0.505. The molecule has 5 N–H and O–H groups in total. The highest BCUT2D eigenvalue weighted by atomic mass is 16.3. The van der Waals surface area contributed by atoms with E-state index >= 15 is 0 Å². The van der Waals surface area contributed by atoms with Crippen LogP contribution in [-0.4, -0.2) is 29.9 Å². The average molecular weight is 224 g/mol. The zero-order chi connectivity index (χ0) is 12.1. The normalized spacial score (nSPS) is 14.8. The summed E-state index contributed by atoms with van der Waals surface area (Å²) in [5, 5.41) is 22.6. The van der Waals surface area contributed by atoms with Crippen LogP contribution in [0.4, 0.5) is 5.69 Å². The maximum Gasteiger partial charge on any atom is 0.105 e. The molecule has 0 saturated heterocycles. The van der Waals surface area contributed by atoms with Crippen molar-refractivity contribution in [2.45, 2.75) is 25.6 Å². The van der Waals surface area contributed by atoms with Crippen LogP contribution in [0.2, 0.25) is 0 Å². The highest BCUT2D eigenvalue weighted by Gasteiger charge is 2.18. The highest BCUT2D eigenvalue weighted by Crippen LogP contribution is 2.22. The molecule has 0 bridgehead atoms. The Hall–Kier alpha value is -1.10. The Labute approximate surface area is 96.1 Å². The molecular weight excluding hydrogens is 204 g/mol. The summed E-state index contributed by atoms with van der Waals surface area (Å²) in [4.78, 5) is 0. The third kappa shape index (κ3) is 3.20. The molecule has 0 fully saturated rings. The summed E-state index contributed by atoms with van der Waals surface area (Å²) in [5.74, 6) is 0. The molecule has 16 heavy (non-hydrogen) atoms. The van der Waals surface area contributed by atoms with E-state index in [0.717, 1.165) is 5.56 Å². The third-order valence-electron chi connectivity index (χ3n) is 2.70. The van der Waals surface area contributed by atoms with Gasteiger partial charge in [0.2, 0.25) is 0 Å². The molecule has 0 heterocycles. The fourth-order valence-electron chi connectivity index (χ4n) is 1.52. The van der Waals surface area contributed by atoms with E-state index in [2.05, 4.69) is 5.32 Å². The summed E-state index contributed by atoms with van der Waals surface area (Å²) >= 11 is 0. The van der Waals surface area contributed by atoms with Gasteiger partial charge in [0.1, 0.15) is 6.10 Å². The van der Waals surface area contributed by atoms with Crippen LogP contribution in [0.3, 0.4) is 0 Å². The molecule has 0 aromatic heterocycles. The number of nitrogens with two attached hydrogens (primary N) is 1. The summed E-state index contributed by atoms with van der Waals surface area (Å²) in [6.07, 6.45) is -1.14. The lowest BCUT2D eigenvalue weighted by Crippen LogP contribution is -2.23. The first-order chi connectivity index (χ1) is 7.56. The van der Waals surface area contributed by atoms with Gasteiger partial charge in [-0.15, -0.1) is 0 Å². The van der Waals surface area contributed by atoms with Gasteiger partial charge in [0, 0.05) is 5.69 Å². The smallest absolute Gasteiger partial charge is 0.105 e. The van der Waals surface area contributed by atoms with Crippen LogP contribution in [0.15, 0.2) is 18.2 Å². The Balaban J connectivity index is 2.71. The van der Waals surface area contributed by atoms with Crippen molar-refractivity contribution < 1.29 is 10.2 Å². The quantitative estimate of drug-likeness (QED) is 0.552. The molecule has 4 nitrogen and oxygen atoms in total. The maximum absolute atomic E-state index is 9.90. The number of rotatable bonds is 5. The molecule has 0 amide bonds. The average Bonchev–Trinajstić information content (AvgIpc) is 2.28. The van der Waals surface area contributed by atoms with Gasteiger partial charge in [0.05, 0.1) is 6.10 Å². The number of anilines is 1. The predicted octanol–water partition coefficient (Wildman–Crippen LogP) is 0.581. The molecular formula is C12H20N2O2. The van der Waals surface area contributed by atoms with Gasteiger partial charge in [0.15, 0.2) is 0 Å². The first-order valence-corrected chi connectivity index (χ1v) is 5.43. The lowest BCUT2D eigenvalue weighted by Gasteiger charge is -2.18. The number of hydrogen-bond acceptors (Lipinski definition) is 4. The second-order valence-electron chi connectivity index (χ2n) is 4.02. The topological polar surface area (TPSA) is 78.5 Å². The number of aliphatic hydroxyl groups is 2. The fourth-order valence-corrected chi connectivity index (χ4v) is 1.52. The summed E-state index contributed by atoms with van der Waals surface area (Å²) < 4.78 is 0. The van der Waals surface area contributed by atoms with E-state index < -0.39 is 12.2 Å². The van der Waals surface area contributed by atoms with Crippen molar-refractivity contribution in [3.05, 3.63) is 29.3 Å². The molecule has 2 unspecified atom stereocenters. The van der Waals surface area contributed by atoms with Gasteiger partial charge >= 0.3 is 0 Å². The minimum atomic E-state index is -0.878. The molecule has 0 aliphatic rings. The van der Waals surface area contributed by atoms with E-state index in [-0.39, 0.29) is 0 Å². The summed E-state index contributed by atoms with van der Waals surface area (Å²) in [6.45, 7) is 2.57. The highest BCUT2D eigenvalue weighted by molar-refractivity contribution is 5.48. The molecule has 2 atom stereocenters. The number of aryl methyl sites for hydroxylation is 1. The molecule has 1 aromatic carbocycles. The third-order valence-corrected chi connectivity index (χ3v) is 2.70. The zero-order valence-corrected chi connectivity index (χ0v) is 9.77. The second kappa shape index (κ2) is 5.84. The van der Waals surface area contributed by atoms with Crippen LogP contribution in [0.25, 0.3) is 0 Å². The van der Waals surface area contributed by atoms with Gasteiger partial charge in [-0.3, -0.25) is 0 Å². The molecule has 4 heteroatoms. The Bertz CT molecular complexity index is 342. The van der Waals surface area contributed by atoms with Crippen molar-refractivity contribution in [1.29, 1.82) is 0 Å². The molecule has 90 valence electrons. The molecule has 0 radical (unpaired) electrons. The Kier molecular flexibility index (Phi) is 4.73. The van der Waals surface area contributed by atoms with Crippen molar-refractivity contribution in [2.24, 2.45) is 0 Å². The van der Waals surface area contributed by atoms with Gasteiger partial charge in [0.25, 0.3) is 0 Å². The van der Waals surface area contributed by atoms with Crippen LogP contribution in [0, 0.1) is 6.92 Å². The van der Waals surface area contributed by atoms with Gasteiger partial charge < -0.3 is 21.3 Å². The molecule has 1 aromatic rings. The minimum Gasteiger partial charge on any atom is -0.399 e. The van der Waals surface area contributed by atoms with Crippen molar-refractivity contribution in [2.75, 3.05) is 19.3 Å². The van der Waals surface area contributed by atoms with Gasteiger partial charge in [-0.05, 0) is 44.1 Å². The zero-order valence-electron chi connectivity index (χ0n) is 9.77. The maximum atomic E-state index is 9.90. The Morgan fingerprint density at radius 1 is 1.38 bits per heavy atom. The molecule has 0 spiro atoms. The molecule has 0 aliphatic heterocycles. The number of nitrogens with one attached hydrogen (secondary N) is 1. The number of hydrogen-bond donors (Lipinski definition) is 4. The van der Waals surface area contributed by atoms with Crippen LogP contribution >= 0.6 is 0 Å². The first kappa shape index (κ1) is 13.0. The van der Waals surface area contributed by atoms with Crippen molar-refractivity contribution in [1.82, 2.24) is 5.32 Å². The van der Waals surface area contributed by atoms with Crippen LogP contribution in [0.5, 0.6) is 0 Å². The molecule has 1 rings (SSSR count). The van der Waals surface area contributed by atoms with Crippen LogP contribution in [0.1, 0.15) is 23.7 Å². The Morgan fingerprint density at radius 2 is 2.06 bits per heavy atom. The van der Waals surface area contributed by atoms with E-state index in [1.54, 1.807) is 12.1 Å². The summed E-state index contributed by atoms with van der Waals surface area (Å²) in [7, 11) is 1.81. The monoisotopic (exact) mass is 224 g/mol. The lowest BCUT2D eigenvalue weighted by molar-refractivity contribution is 0.0140. The second-order valence-corrected chi connectivity index (χ2v) is 4.02. The van der Waals surface area contributed by atoms with Gasteiger partial charge in [-0.1, -0.05) is 12.1 Å². The first-order valence-electron chi connectivity index (χ1n) is 5.43. The SMILES string of the molecule is CNCCC(O)C(O)c1ccc(C)c(N)c1. The molecule has 0 aliphatic carbocycles. The Morgan fingerprint density at radius 3 is 2.62 bits per heavy atom. The number of benzene rings is 1. The predicted molar refractivity (Wildman–Crippen MR) is 65.1 cm³/mol. The van der Waals surface area contributed by atoms with E-state index in [4.69, 9.17) is 5.73 Å². The van der Waals surface area contributed by atoms with E-state index in [1.165, 1.54) is 0 Å². The summed E-state index contributed by atoms with van der Waals surface area (Å²) in [5.41, 5.74) is 8.02. The van der Waals surface area contributed by atoms with Gasteiger partial charge in [-0.25, -0.2) is 0 Å². The molecule has 0 saturated carbocycles. The van der Waals surface area contributed by atoms with E-state index in [9.17, 15) is 10.2 Å². The van der Waals surface area contributed by atoms with Crippen molar-refractivity contribution >= 4 is 5.69 Å². The van der Waals surface area contributed by atoms with E-state index in [0.29, 0.717) is 24.2 Å². The standard InChI is InChI=1S/C12H20N2O2/c1-8-3-4-9(7-10(8)13)12(16)11(15)5-6-14-2/h3-4,7,11-12,14-16H,5-6,13H2,1-2H3. The van der Waals surface area contributed by atoms with Crippen LogP contribution in [-0.2, 0) is 0 Å². The van der Waals surface area contributed by atoms with E-state index in [1.807, 2.05) is 20.0 Å². The largest absolute Gasteiger partial charge is 0.399 e. The fraction of sp³-hybridized carbons (Fsp3) is 0.500. The number of aliphatic hydroxyl groups excluding tert-OH is 2. The van der Waals surface area contributed by atoms with Crippen molar-refractivity contribution in [3.63, 3.8) is 0 Å². The van der Waals surface area contributed by atoms with Crippen molar-refractivity contribution in [3.8, 4) is 0 Å². The summed E-state index contributed by atoms with van der Waals surface area (Å²) in [6, 6.07) is 5.35. The van der Waals surface area contributed by atoms with Crippen LogP contribution < -0.4 is 11.1 Å². The lowest BCUT2D eigenvalue weighted by atomic mass is 10.00. The van der Waals surface area contributed by atoms with Gasteiger partial charge in [-0.2, -0.15) is 0 Å².